The van der Waals surface area contributed by atoms with E-state index in [1.165, 1.54) is 0 Å². The molecule has 1 aromatic carbocycles. The fourth-order valence-corrected chi connectivity index (χ4v) is 3.17. The summed E-state index contributed by atoms with van der Waals surface area (Å²) in [5.41, 5.74) is 1.77. The first-order valence-electron chi connectivity index (χ1n) is 8.64. The number of amides is 2. The molecule has 25 heavy (non-hydrogen) atoms. The maximum atomic E-state index is 12.7. The highest BCUT2D eigenvalue weighted by Gasteiger charge is 2.32. The Balaban J connectivity index is 1.77. The predicted molar refractivity (Wildman–Crippen MR) is 92.8 cm³/mol. The van der Waals surface area contributed by atoms with Crippen LogP contribution >= 0.6 is 0 Å². The number of aryl methyl sites for hydroxylation is 1. The summed E-state index contributed by atoms with van der Waals surface area (Å²) in [6.07, 6.45) is 1.11. The Kier molecular flexibility index (Phi) is 5.16. The van der Waals surface area contributed by atoms with Crippen molar-refractivity contribution in [1.82, 2.24) is 15.0 Å². The number of benzene rings is 1. The van der Waals surface area contributed by atoms with Crippen LogP contribution in [0.3, 0.4) is 0 Å². The van der Waals surface area contributed by atoms with E-state index in [9.17, 15) is 9.59 Å². The van der Waals surface area contributed by atoms with Gasteiger partial charge in [-0.3, -0.25) is 9.59 Å². The molecule has 0 bridgehead atoms. The minimum absolute atomic E-state index is 0.0109. The number of carbonyl (C=O) groups is 2. The summed E-state index contributed by atoms with van der Waals surface area (Å²) >= 11 is 0. The molecule has 6 heteroatoms. The molecule has 0 spiro atoms. The number of rotatable bonds is 4. The molecule has 6 nitrogen and oxygen atoms in total. The van der Waals surface area contributed by atoms with E-state index in [1.807, 2.05) is 42.2 Å². The average Bonchev–Trinajstić information content (AvgIpc) is 3.00. The van der Waals surface area contributed by atoms with E-state index in [-0.39, 0.29) is 23.6 Å². The second-order valence-electron chi connectivity index (χ2n) is 6.40. The molecule has 0 N–H and O–H groups in total. The van der Waals surface area contributed by atoms with Gasteiger partial charge in [0, 0.05) is 38.2 Å². The number of carbonyl (C=O) groups excluding carboxylic acids is 2. The lowest BCUT2D eigenvalue weighted by molar-refractivity contribution is -0.133. The van der Waals surface area contributed by atoms with E-state index in [4.69, 9.17) is 4.52 Å². The monoisotopic (exact) mass is 341 g/mol. The summed E-state index contributed by atoms with van der Waals surface area (Å²) in [7, 11) is 0. The molecule has 1 fully saturated rings. The normalized spacial score (nSPS) is 18.3. The molecule has 0 saturated carbocycles. The van der Waals surface area contributed by atoms with Crippen molar-refractivity contribution in [3.8, 4) is 0 Å². The first-order chi connectivity index (χ1) is 12.1. The molecule has 0 radical (unpaired) electrons. The van der Waals surface area contributed by atoms with Gasteiger partial charge in [0.15, 0.2) is 0 Å². The van der Waals surface area contributed by atoms with E-state index < -0.39 is 0 Å². The van der Waals surface area contributed by atoms with Crippen molar-refractivity contribution in [2.75, 3.05) is 13.1 Å². The van der Waals surface area contributed by atoms with Gasteiger partial charge in [0.2, 0.25) is 11.7 Å². The van der Waals surface area contributed by atoms with Gasteiger partial charge in [0.25, 0.3) is 5.91 Å². The average molecular weight is 341 g/mol. The molecular formula is C19H23N3O3. The molecule has 0 aliphatic carbocycles. The highest BCUT2D eigenvalue weighted by atomic mass is 16.5. The summed E-state index contributed by atoms with van der Waals surface area (Å²) in [6, 6.07) is 11.6. The maximum Gasteiger partial charge on any atom is 0.292 e. The van der Waals surface area contributed by atoms with Crippen LogP contribution in [0.4, 0.5) is 0 Å². The third-order valence-corrected chi connectivity index (χ3v) is 4.58. The van der Waals surface area contributed by atoms with E-state index in [1.54, 1.807) is 17.9 Å². The standard InChI is InChI=1S/C19H23N3O3/c1-3-16-13-21(19(24)17-11-14(2)20-25-17)10-9-18(23)22(16)12-15-7-5-4-6-8-15/h4-8,11,16H,3,9-10,12-13H2,1-2H3/t16-/m1/s1. The highest BCUT2D eigenvalue weighted by Crippen LogP contribution is 2.19. The molecule has 1 aliphatic rings. The van der Waals surface area contributed by atoms with E-state index >= 15 is 0 Å². The summed E-state index contributed by atoms with van der Waals surface area (Å²) in [4.78, 5) is 28.9. The Morgan fingerprint density at radius 1 is 1.32 bits per heavy atom. The van der Waals surface area contributed by atoms with Gasteiger partial charge in [-0.15, -0.1) is 0 Å². The molecule has 0 unspecified atom stereocenters. The molecule has 2 aromatic rings. The van der Waals surface area contributed by atoms with Crippen molar-refractivity contribution < 1.29 is 14.1 Å². The van der Waals surface area contributed by atoms with Gasteiger partial charge in [0.05, 0.1) is 5.69 Å². The molecule has 1 atom stereocenters. The summed E-state index contributed by atoms with van der Waals surface area (Å²) in [5.74, 6) is 0.115. The predicted octanol–water partition coefficient (Wildman–Crippen LogP) is 2.64. The van der Waals surface area contributed by atoms with Gasteiger partial charge in [-0.25, -0.2) is 0 Å². The lowest BCUT2D eigenvalue weighted by Gasteiger charge is -2.31. The second kappa shape index (κ2) is 7.51. The van der Waals surface area contributed by atoms with Gasteiger partial charge in [-0.1, -0.05) is 42.4 Å². The topological polar surface area (TPSA) is 66.7 Å². The zero-order valence-electron chi connectivity index (χ0n) is 14.6. The summed E-state index contributed by atoms with van der Waals surface area (Å²) in [5, 5.41) is 3.78. The smallest absolute Gasteiger partial charge is 0.292 e. The fourth-order valence-electron chi connectivity index (χ4n) is 3.17. The van der Waals surface area contributed by atoms with Crippen molar-refractivity contribution >= 4 is 11.8 Å². The van der Waals surface area contributed by atoms with Crippen molar-refractivity contribution in [1.29, 1.82) is 0 Å². The molecule has 1 aliphatic heterocycles. The van der Waals surface area contributed by atoms with Gasteiger partial charge in [0.1, 0.15) is 0 Å². The zero-order valence-corrected chi connectivity index (χ0v) is 14.6. The zero-order chi connectivity index (χ0) is 17.8. The van der Waals surface area contributed by atoms with Crippen molar-refractivity contribution in [3.05, 3.63) is 53.4 Å². The number of hydrogen-bond acceptors (Lipinski definition) is 4. The summed E-state index contributed by atoms with van der Waals surface area (Å²) in [6.45, 7) is 5.31. The van der Waals surface area contributed by atoms with Gasteiger partial charge < -0.3 is 14.3 Å². The third kappa shape index (κ3) is 3.90. The van der Waals surface area contributed by atoms with Crippen LogP contribution in [0.5, 0.6) is 0 Å². The molecule has 132 valence electrons. The van der Waals surface area contributed by atoms with Crippen LogP contribution in [0.25, 0.3) is 0 Å². The number of aromatic nitrogens is 1. The Morgan fingerprint density at radius 3 is 2.72 bits per heavy atom. The van der Waals surface area contributed by atoms with Crippen molar-refractivity contribution in [3.63, 3.8) is 0 Å². The summed E-state index contributed by atoms with van der Waals surface area (Å²) < 4.78 is 5.10. The van der Waals surface area contributed by atoms with Crippen LogP contribution in [0.1, 0.15) is 41.6 Å². The van der Waals surface area contributed by atoms with E-state index in [2.05, 4.69) is 5.16 Å². The van der Waals surface area contributed by atoms with E-state index in [0.29, 0.717) is 31.7 Å². The molecular weight excluding hydrogens is 318 g/mol. The Labute approximate surface area is 147 Å². The Morgan fingerprint density at radius 2 is 2.08 bits per heavy atom. The molecule has 1 aromatic heterocycles. The SMILES string of the molecule is CC[C@@H]1CN(C(=O)c2cc(C)no2)CCC(=O)N1Cc1ccccc1. The van der Waals surface area contributed by atoms with Gasteiger partial charge in [-0.2, -0.15) is 0 Å². The second-order valence-corrected chi connectivity index (χ2v) is 6.40. The van der Waals surface area contributed by atoms with Crippen LogP contribution in [-0.4, -0.2) is 45.9 Å². The van der Waals surface area contributed by atoms with Crippen LogP contribution in [0.2, 0.25) is 0 Å². The van der Waals surface area contributed by atoms with Gasteiger partial charge in [-0.05, 0) is 18.9 Å². The molecule has 2 heterocycles. The Bertz CT molecular complexity index is 741. The van der Waals surface area contributed by atoms with Crippen LogP contribution in [-0.2, 0) is 11.3 Å². The third-order valence-electron chi connectivity index (χ3n) is 4.58. The highest BCUT2D eigenvalue weighted by molar-refractivity contribution is 5.92. The van der Waals surface area contributed by atoms with Crippen molar-refractivity contribution in [2.45, 2.75) is 39.3 Å². The fraction of sp³-hybridized carbons (Fsp3) is 0.421. The first kappa shape index (κ1) is 17.2. The minimum Gasteiger partial charge on any atom is -0.351 e. The number of nitrogens with zero attached hydrogens (tertiary/aromatic N) is 3. The maximum absolute atomic E-state index is 12.7. The van der Waals surface area contributed by atoms with Gasteiger partial charge >= 0.3 is 0 Å². The lowest BCUT2D eigenvalue weighted by atomic mass is 10.1. The van der Waals surface area contributed by atoms with Crippen molar-refractivity contribution in [2.24, 2.45) is 0 Å². The quantitative estimate of drug-likeness (QED) is 0.857. The van der Waals surface area contributed by atoms with Crippen LogP contribution < -0.4 is 0 Å². The number of hydrogen-bond donors (Lipinski definition) is 0. The molecule has 3 rings (SSSR count). The first-order valence-corrected chi connectivity index (χ1v) is 8.64. The largest absolute Gasteiger partial charge is 0.351 e. The van der Waals surface area contributed by atoms with Crippen LogP contribution in [0, 0.1) is 6.92 Å². The molecule has 1 saturated heterocycles. The Hall–Kier alpha value is -2.63. The molecule has 2 amide bonds. The van der Waals surface area contributed by atoms with Crippen LogP contribution in [0.15, 0.2) is 40.9 Å². The van der Waals surface area contributed by atoms with E-state index in [0.717, 1.165) is 12.0 Å². The lowest BCUT2D eigenvalue weighted by Crippen LogP contribution is -2.43. The minimum atomic E-state index is -0.201.